The van der Waals surface area contributed by atoms with Crippen LogP contribution >= 0.6 is 0 Å². The summed E-state index contributed by atoms with van der Waals surface area (Å²) in [5, 5.41) is 3.59. The van der Waals surface area contributed by atoms with E-state index in [2.05, 4.69) is 55.3 Å². The van der Waals surface area contributed by atoms with Crippen LogP contribution in [0.3, 0.4) is 0 Å². The molecule has 0 aliphatic carbocycles. The van der Waals surface area contributed by atoms with Crippen molar-refractivity contribution in [1.29, 1.82) is 0 Å². The number of benzene rings is 1. The summed E-state index contributed by atoms with van der Waals surface area (Å²) in [6.07, 6.45) is 1.22. The Labute approximate surface area is 105 Å². The summed E-state index contributed by atoms with van der Waals surface area (Å²) in [5.41, 5.74) is 2.73. The van der Waals surface area contributed by atoms with Crippen molar-refractivity contribution < 1.29 is 0 Å². The molecule has 0 spiro atoms. The molecule has 1 fully saturated rings. The zero-order chi connectivity index (χ0) is 12.3. The highest BCUT2D eigenvalue weighted by Crippen LogP contribution is 2.19. The summed E-state index contributed by atoms with van der Waals surface area (Å²) < 4.78 is 0. The molecule has 2 atom stereocenters. The van der Waals surface area contributed by atoms with E-state index in [0.717, 1.165) is 19.6 Å². The van der Waals surface area contributed by atoms with E-state index in [1.807, 2.05) is 0 Å². The summed E-state index contributed by atoms with van der Waals surface area (Å²) >= 11 is 0. The first-order valence-electron chi connectivity index (χ1n) is 6.70. The minimum Gasteiger partial charge on any atom is -0.371 e. The number of nitrogens with one attached hydrogen (secondary N) is 1. The lowest BCUT2D eigenvalue weighted by molar-refractivity contribution is 0.411. The molecule has 2 unspecified atom stereocenters. The second-order valence-corrected chi connectivity index (χ2v) is 5.49. The lowest BCUT2D eigenvalue weighted by atomic mass is 10.1. The van der Waals surface area contributed by atoms with E-state index < -0.39 is 0 Å². The molecule has 17 heavy (non-hydrogen) atoms. The number of hydrogen-bond donors (Lipinski definition) is 1. The van der Waals surface area contributed by atoms with Crippen molar-refractivity contribution in [3.05, 3.63) is 29.8 Å². The van der Waals surface area contributed by atoms with Crippen LogP contribution in [-0.2, 0) is 0 Å². The fraction of sp³-hybridized carbons (Fsp3) is 0.600. The Balaban J connectivity index is 2.12. The lowest BCUT2D eigenvalue weighted by Crippen LogP contribution is -2.42. The first-order chi connectivity index (χ1) is 8.15. The van der Waals surface area contributed by atoms with E-state index in [-0.39, 0.29) is 0 Å². The third-order valence-corrected chi connectivity index (χ3v) is 3.55. The van der Waals surface area contributed by atoms with Gasteiger partial charge in [-0.05, 0) is 50.4 Å². The Hall–Kier alpha value is -1.02. The second kappa shape index (κ2) is 5.54. The zero-order valence-electron chi connectivity index (χ0n) is 11.2. The van der Waals surface area contributed by atoms with Crippen molar-refractivity contribution in [2.24, 2.45) is 5.92 Å². The van der Waals surface area contributed by atoms with E-state index >= 15 is 0 Å². The molecule has 2 rings (SSSR count). The van der Waals surface area contributed by atoms with Crippen molar-refractivity contribution in [1.82, 2.24) is 5.32 Å². The van der Waals surface area contributed by atoms with Crippen LogP contribution in [0, 0.1) is 12.8 Å². The van der Waals surface area contributed by atoms with Crippen molar-refractivity contribution in [3.8, 4) is 0 Å². The molecule has 0 saturated carbocycles. The van der Waals surface area contributed by atoms with Crippen molar-refractivity contribution >= 4 is 5.69 Å². The minimum absolute atomic E-state index is 0.630. The average molecular weight is 232 g/mol. The van der Waals surface area contributed by atoms with E-state index in [9.17, 15) is 0 Å². The molecular formula is C15H24N2. The van der Waals surface area contributed by atoms with Gasteiger partial charge in [0.25, 0.3) is 0 Å². The molecule has 1 aromatic rings. The maximum atomic E-state index is 3.59. The average Bonchev–Trinajstić information content (AvgIpc) is 2.29. The third kappa shape index (κ3) is 3.47. The predicted molar refractivity (Wildman–Crippen MR) is 74.6 cm³/mol. The largest absolute Gasteiger partial charge is 0.371 e. The molecule has 0 bridgehead atoms. The van der Waals surface area contributed by atoms with Crippen LogP contribution in [0.2, 0.25) is 0 Å². The first-order valence-corrected chi connectivity index (χ1v) is 6.70. The number of hydrogen-bond acceptors (Lipinski definition) is 2. The molecule has 0 amide bonds. The predicted octanol–water partition coefficient (Wildman–Crippen LogP) is 2.82. The van der Waals surface area contributed by atoms with Gasteiger partial charge < -0.3 is 10.2 Å². The maximum absolute atomic E-state index is 3.59. The van der Waals surface area contributed by atoms with Gasteiger partial charge >= 0.3 is 0 Å². The normalized spacial score (nSPS) is 26.4. The zero-order valence-corrected chi connectivity index (χ0v) is 11.2. The van der Waals surface area contributed by atoms with Gasteiger partial charge in [-0.25, -0.2) is 0 Å². The molecule has 2 heteroatoms. The molecule has 2 nitrogen and oxygen atoms in total. The van der Waals surface area contributed by atoms with Crippen LogP contribution in [0.15, 0.2) is 24.3 Å². The molecule has 1 aliphatic rings. The Morgan fingerprint density at radius 2 is 2.12 bits per heavy atom. The van der Waals surface area contributed by atoms with Crippen molar-refractivity contribution in [2.45, 2.75) is 33.2 Å². The van der Waals surface area contributed by atoms with Crippen molar-refractivity contribution in [2.75, 3.05) is 24.5 Å². The van der Waals surface area contributed by atoms with Gasteiger partial charge in [-0.3, -0.25) is 0 Å². The summed E-state index contributed by atoms with van der Waals surface area (Å²) in [6, 6.07) is 9.49. The number of anilines is 1. The van der Waals surface area contributed by atoms with Gasteiger partial charge in [-0.15, -0.1) is 0 Å². The van der Waals surface area contributed by atoms with Gasteiger partial charge in [-0.2, -0.15) is 0 Å². The van der Waals surface area contributed by atoms with Gasteiger partial charge in [-0.1, -0.05) is 19.1 Å². The first kappa shape index (κ1) is 12.4. The molecule has 94 valence electrons. The van der Waals surface area contributed by atoms with Gasteiger partial charge in [0.1, 0.15) is 0 Å². The van der Waals surface area contributed by atoms with E-state index in [0.29, 0.717) is 12.0 Å². The Kier molecular flexibility index (Phi) is 4.06. The topological polar surface area (TPSA) is 15.3 Å². The van der Waals surface area contributed by atoms with Crippen LogP contribution in [0.1, 0.15) is 25.8 Å². The van der Waals surface area contributed by atoms with Crippen LogP contribution in [0.25, 0.3) is 0 Å². The summed E-state index contributed by atoms with van der Waals surface area (Å²) in [4.78, 5) is 2.54. The maximum Gasteiger partial charge on any atom is 0.0368 e. The SMILES string of the molecule is Cc1cccc(N2CCC(C)NCC(C)C2)c1. The van der Waals surface area contributed by atoms with E-state index in [1.54, 1.807) is 0 Å². The van der Waals surface area contributed by atoms with Crippen molar-refractivity contribution in [3.63, 3.8) is 0 Å². The fourth-order valence-electron chi connectivity index (χ4n) is 2.45. The van der Waals surface area contributed by atoms with Crippen LogP contribution in [-0.4, -0.2) is 25.7 Å². The smallest absolute Gasteiger partial charge is 0.0368 e. The molecule has 1 N–H and O–H groups in total. The fourth-order valence-corrected chi connectivity index (χ4v) is 2.45. The quantitative estimate of drug-likeness (QED) is 0.801. The van der Waals surface area contributed by atoms with Crippen LogP contribution < -0.4 is 10.2 Å². The van der Waals surface area contributed by atoms with Gasteiger partial charge in [0.05, 0.1) is 0 Å². The third-order valence-electron chi connectivity index (χ3n) is 3.55. The monoisotopic (exact) mass is 232 g/mol. The molecule has 1 saturated heterocycles. The molecule has 1 aromatic carbocycles. The van der Waals surface area contributed by atoms with E-state index in [4.69, 9.17) is 0 Å². The summed E-state index contributed by atoms with van der Waals surface area (Å²) in [6.45, 7) is 10.2. The minimum atomic E-state index is 0.630. The molecule has 1 aliphatic heterocycles. The van der Waals surface area contributed by atoms with Gasteiger partial charge in [0.15, 0.2) is 0 Å². The summed E-state index contributed by atoms with van der Waals surface area (Å²) in [7, 11) is 0. The van der Waals surface area contributed by atoms with Crippen LogP contribution in [0.5, 0.6) is 0 Å². The number of rotatable bonds is 1. The molecular weight excluding hydrogens is 208 g/mol. The highest BCUT2D eigenvalue weighted by atomic mass is 15.1. The molecule has 1 heterocycles. The highest BCUT2D eigenvalue weighted by molar-refractivity contribution is 5.48. The highest BCUT2D eigenvalue weighted by Gasteiger charge is 2.16. The Morgan fingerprint density at radius 3 is 2.88 bits per heavy atom. The number of aryl methyl sites for hydroxylation is 1. The van der Waals surface area contributed by atoms with Gasteiger partial charge in [0, 0.05) is 24.8 Å². The molecule has 0 radical (unpaired) electrons. The second-order valence-electron chi connectivity index (χ2n) is 5.49. The molecule has 0 aromatic heterocycles. The van der Waals surface area contributed by atoms with Gasteiger partial charge in [0.2, 0.25) is 0 Å². The van der Waals surface area contributed by atoms with E-state index in [1.165, 1.54) is 17.7 Å². The standard InChI is InChI=1S/C15H24N2/c1-12-5-4-6-15(9-12)17-8-7-14(3)16-10-13(2)11-17/h4-6,9,13-14,16H,7-8,10-11H2,1-3H3. The Bertz CT molecular complexity index is 362. The van der Waals surface area contributed by atoms with Crippen LogP contribution in [0.4, 0.5) is 5.69 Å². The lowest BCUT2D eigenvalue weighted by Gasteiger charge is -2.33. The number of nitrogens with zero attached hydrogens (tertiary/aromatic N) is 1. The summed E-state index contributed by atoms with van der Waals surface area (Å²) in [5.74, 6) is 0.707. The Morgan fingerprint density at radius 1 is 1.29 bits per heavy atom.